The first-order valence-corrected chi connectivity index (χ1v) is 11.8. The predicted octanol–water partition coefficient (Wildman–Crippen LogP) is 5.16. The van der Waals surface area contributed by atoms with Crippen LogP contribution in [-0.2, 0) is 16.4 Å². The van der Waals surface area contributed by atoms with Crippen molar-refractivity contribution in [3.05, 3.63) is 58.8 Å². The summed E-state index contributed by atoms with van der Waals surface area (Å²) in [4.78, 5) is 16.4. The molecule has 0 saturated heterocycles. The van der Waals surface area contributed by atoms with Crippen molar-refractivity contribution >= 4 is 32.4 Å². The second-order valence-electron chi connectivity index (χ2n) is 9.09. The molecular weight excluding hydrogens is 396 g/mol. The van der Waals surface area contributed by atoms with Crippen molar-refractivity contribution in [2.75, 3.05) is 10.8 Å². The maximum Gasteiger partial charge on any atom is 0.264 e. The van der Waals surface area contributed by atoms with E-state index >= 15 is 0 Å². The first-order chi connectivity index (χ1) is 14.0. The van der Waals surface area contributed by atoms with E-state index in [9.17, 15) is 13.2 Å². The molecule has 0 fully saturated rings. The van der Waals surface area contributed by atoms with Crippen LogP contribution in [0.3, 0.4) is 0 Å². The van der Waals surface area contributed by atoms with Crippen molar-refractivity contribution in [2.45, 2.75) is 52.4 Å². The Balaban J connectivity index is 1.87. The van der Waals surface area contributed by atoms with Crippen LogP contribution in [-0.4, -0.2) is 25.7 Å². The van der Waals surface area contributed by atoms with E-state index in [0.29, 0.717) is 29.7 Å². The molecule has 1 aliphatic rings. The van der Waals surface area contributed by atoms with Crippen molar-refractivity contribution in [3.63, 3.8) is 0 Å². The second-order valence-corrected chi connectivity index (χ2v) is 10.9. The molecule has 0 spiro atoms. The van der Waals surface area contributed by atoms with Gasteiger partial charge in [-0.25, -0.2) is 8.42 Å². The summed E-state index contributed by atoms with van der Waals surface area (Å²) in [5.41, 5.74) is 4.54. The van der Waals surface area contributed by atoms with E-state index in [2.05, 4.69) is 18.8 Å². The molecule has 0 radical (unpaired) electrons. The average Bonchev–Trinajstić information content (AvgIpc) is 2.97. The highest BCUT2D eigenvalue weighted by Crippen LogP contribution is 2.39. The summed E-state index contributed by atoms with van der Waals surface area (Å²) in [5, 5.41) is 0.820. The maximum absolute atomic E-state index is 13.6. The normalized spacial score (nSPS) is 16.0. The van der Waals surface area contributed by atoms with Gasteiger partial charge in [0.1, 0.15) is 0 Å². The molecule has 0 unspecified atom stereocenters. The van der Waals surface area contributed by atoms with Crippen molar-refractivity contribution < 1.29 is 13.2 Å². The van der Waals surface area contributed by atoms with Crippen LogP contribution in [0.4, 0.5) is 5.69 Å². The molecule has 5 nitrogen and oxygen atoms in total. The Hall–Kier alpha value is -2.60. The third kappa shape index (κ3) is 3.33. The Kier molecular flexibility index (Phi) is 4.81. The fourth-order valence-electron chi connectivity index (χ4n) is 4.57. The summed E-state index contributed by atoms with van der Waals surface area (Å²) in [6.07, 6.45) is 1.28. The van der Waals surface area contributed by atoms with Gasteiger partial charge in [0.2, 0.25) is 0 Å². The molecular formula is C24H28N2O3S. The molecule has 0 amide bonds. The Morgan fingerprint density at radius 3 is 2.50 bits per heavy atom. The number of anilines is 1. The van der Waals surface area contributed by atoms with Crippen LogP contribution in [0.25, 0.3) is 10.9 Å². The van der Waals surface area contributed by atoms with Gasteiger partial charge >= 0.3 is 0 Å². The smallest absolute Gasteiger partial charge is 0.264 e. The summed E-state index contributed by atoms with van der Waals surface area (Å²) < 4.78 is 28.6. The third-order valence-corrected chi connectivity index (χ3v) is 7.93. The van der Waals surface area contributed by atoms with Gasteiger partial charge in [0.05, 0.1) is 10.6 Å². The van der Waals surface area contributed by atoms with Crippen LogP contribution in [0, 0.1) is 19.3 Å². The van der Waals surface area contributed by atoms with Gasteiger partial charge < -0.3 is 4.98 Å². The van der Waals surface area contributed by atoms with Crippen molar-refractivity contribution in [1.29, 1.82) is 0 Å². The maximum atomic E-state index is 13.6. The van der Waals surface area contributed by atoms with Crippen LogP contribution < -0.4 is 4.31 Å². The first kappa shape index (κ1) is 20.7. The highest BCUT2D eigenvalue weighted by atomic mass is 32.2. The van der Waals surface area contributed by atoms with Crippen molar-refractivity contribution in [2.24, 2.45) is 5.41 Å². The van der Waals surface area contributed by atoms with Gasteiger partial charge in [0.15, 0.2) is 5.78 Å². The van der Waals surface area contributed by atoms with Gasteiger partial charge in [-0.1, -0.05) is 26.0 Å². The standard InChI is InChI=1S/C24H28N2O3S/c1-6-26(17-9-7-8-15(2)10-17)30(28,29)22-12-19-18(11-16(22)3)23-20(25-19)13-24(4,5)14-21(23)27/h7-12,25H,6,13-14H2,1-5H3. The van der Waals surface area contributed by atoms with Gasteiger partial charge in [-0.2, -0.15) is 0 Å². The summed E-state index contributed by atoms with van der Waals surface area (Å²) in [7, 11) is -3.75. The van der Waals surface area contributed by atoms with E-state index in [4.69, 9.17) is 0 Å². The molecule has 0 aliphatic heterocycles. The van der Waals surface area contributed by atoms with E-state index in [1.54, 1.807) is 13.0 Å². The number of aromatic nitrogens is 1. The Labute approximate surface area is 178 Å². The monoisotopic (exact) mass is 424 g/mol. The minimum Gasteiger partial charge on any atom is -0.358 e. The molecule has 0 bridgehead atoms. The quantitative estimate of drug-likeness (QED) is 0.629. The lowest BCUT2D eigenvalue weighted by Gasteiger charge is -2.28. The summed E-state index contributed by atoms with van der Waals surface area (Å²) >= 11 is 0. The number of hydrogen-bond acceptors (Lipinski definition) is 3. The molecule has 3 aromatic rings. The number of nitrogens with one attached hydrogen (secondary N) is 1. The number of ketones is 1. The number of Topliss-reactive ketones (excluding diaryl/α,β-unsaturated/α-hetero) is 1. The number of rotatable bonds is 4. The molecule has 1 aromatic heterocycles. The highest BCUT2D eigenvalue weighted by molar-refractivity contribution is 7.92. The van der Waals surface area contributed by atoms with Crippen molar-refractivity contribution in [1.82, 2.24) is 4.98 Å². The predicted molar refractivity (Wildman–Crippen MR) is 121 cm³/mol. The molecule has 1 heterocycles. The number of H-pyrrole nitrogens is 1. The van der Waals surface area contributed by atoms with Gasteiger partial charge in [-0.05, 0) is 68.0 Å². The molecule has 0 atom stereocenters. The first-order valence-electron chi connectivity index (χ1n) is 10.3. The van der Waals surface area contributed by atoms with Gasteiger partial charge in [-0.3, -0.25) is 9.10 Å². The molecule has 1 N–H and O–H groups in total. The fourth-order valence-corrected chi connectivity index (χ4v) is 6.27. The van der Waals surface area contributed by atoms with E-state index < -0.39 is 10.0 Å². The minimum atomic E-state index is -3.75. The number of nitrogens with zero attached hydrogens (tertiary/aromatic N) is 1. The number of carbonyl (C=O) groups is 1. The summed E-state index contributed by atoms with van der Waals surface area (Å²) in [6.45, 7) is 10.1. The average molecular weight is 425 g/mol. The Morgan fingerprint density at radius 2 is 1.83 bits per heavy atom. The number of hydrogen-bond donors (Lipinski definition) is 1. The lowest BCUT2D eigenvalue weighted by Crippen LogP contribution is -2.31. The third-order valence-electron chi connectivity index (χ3n) is 5.89. The lowest BCUT2D eigenvalue weighted by atomic mass is 9.76. The number of aryl methyl sites for hydroxylation is 2. The summed E-state index contributed by atoms with van der Waals surface area (Å²) in [6, 6.07) is 11.0. The molecule has 6 heteroatoms. The topological polar surface area (TPSA) is 70.2 Å². The summed E-state index contributed by atoms with van der Waals surface area (Å²) in [5.74, 6) is 0.123. The zero-order chi connectivity index (χ0) is 21.8. The number of carbonyl (C=O) groups excluding carboxylic acids is 1. The number of aromatic amines is 1. The second kappa shape index (κ2) is 6.98. The number of sulfonamides is 1. The largest absolute Gasteiger partial charge is 0.358 e. The molecule has 158 valence electrons. The molecule has 0 saturated carbocycles. The Morgan fingerprint density at radius 1 is 1.10 bits per heavy atom. The van der Waals surface area contributed by atoms with Crippen LogP contribution in [0.2, 0.25) is 0 Å². The molecule has 2 aromatic carbocycles. The minimum absolute atomic E-state index is 0.0981. The molecule has 4 rings (SSSR count). The zero-order valence-electron chi connectivity index (χ0n) is 18.2. The number of benzene rings is 2. The van der Waals surface area contributed by atoms with Crippen LogP contribution in [0.15, 0.2) is 41.3 Å². The lowest BCUT2D eigenvalue weighted by molar-refractivity contribution is 0.0913. The van der Waals surface area contributed by atoms with Gasteiger partial charge in [0.25, 0.3) is 10.0 Å². The van der Waals surface area contributed by atoms with E-state index in [1.807, 2.05) is 44.2 Å². The van der Waals surface area contributed by atoms with E-state index in [-0.39, 0.29) is 16.1 Å². The Bertz CT molecular complexity index is 1270. The zero-order valence-corrected chi connectivity index (χ0v) is 19.0. The van der Waals surface area contributed by atoms with E-state index in [1.165, 1.54) is 4.31 Å². The van der Waals surface area contributed by atoms with E-state index in [0.717, 1.165) is 28.6 Å². The van der Waals surface area contributed by atoms with Crippen molar-refractivity contribution in [3.8, 4) is 0 Å². The van der Waals surface area contributed by atoms with Gasteiger partial charge in [0, 0.05) is 35.1 Å². The van der Waals surface area contributed by atoms with Gasteiger partial charge in [-0.15, -0.1) is 0 Å². The van der Waals surface area contributed by atoms with Crippen LogP contribution in [0.5, 0.6) is 0 Å². The number of fused-ring (bicyclic) bond motifs is 3. The SMILES string of the molecule is CCN(c1cccc(C)c1)S(=O)(=O)c1cc2[nH]c3c(c2cc1C)C(=O)CC(C)(C)C3. The van der Waals surface area contributed by atoms with Crippen LogP contribution >= 0.6 is 0 Å². The van der Waals surface area contributed by atoms with Crippen LogP contribution in [0.1, 0.15) is 54.4 Å². The molecule has 1 aliphatic carbocycles. The molecule has 30 heavy (non-hydrogen) atoms. The highest BCUT2D eigenvalue weighted by Gasteiger charge is 2.34. The fraction of sp³-hybridized carbons (Fsp3) is 0.375.